The highest BCUT2D eigenvalue weighted by atomic mass is 16.4. The van der Waals surface area contributed by atoms with E-state index in [1.807, 2.05) is 72.8 Å². The number of carboxylic acids is 2. The van der Waals surface area contributed by atoms with Crippen molar-refractivity contribution >= 4 is 72.5 Å². The molecule has 7 aromatic rings. The number of anilines is 1. The summed E-state index contributed by atoms with van der Waals surface area (Å²) in [4.78, 5) is 54.2. The van der Waals surface area contributed by atoms with Gasteiger partial charge in [-0.25, -0.2) is 14.5 Å². The minimum Gasteiger partial charge on any atom is -0.478 e. The summed E-state index contributed by atoms with van der Waals surface area (Å²) in [5.74, 6) is -2.93. The van der Waals surface area contributed by atoms with Gasteiger partial charge in [0.05, 0.1) is 16.8 Å². The molecule has 49 heavy (non-hydrogen) atoms. The van der Waals surface area contributed by atoms with Crippen LogP contribution in [-0.4, -0.2) is 34.0 Å². The fourth-order valence-electron chi connectivity index (χ4n) is 7.74. The van der Waals surface area contributed by atoms with E-state index in [4.69, 9.17) is 0 Å². The van der Waals surface area contributed by atoms with Gasteiger partial charge in [-0.05, 0) is 102 Å². The van der Waals surface area contributed by atoms with E-state index in [2.05, 4.69) is 27.7 Å². The molecule has 240 valence electrons. The van der Waals surface area contributed by atoms with Gasteiger partial charge in [0, 0.05) is 16.5 Å². The molecule has 8 rings (SSSR count). The van der Waals surface area contributed by atoms with Crippen molar-refractivity contribution in [2.24, 2.45) is 0 Å². The lowest BCUT2D eigenvalue weighted by atomic mass is 9.83. The number of rotatable bonds is 6. The second-order valence-corrected chi connectivity index (χ2v) is 13.4. The predicted octanol–water partition coefficient (Wildman–Crippen LogP) is 9.85. The van der Waals surface area contributed by atoms with Gasteiger partial charge in [-0.15, -0.1) is 0 Å². The first-order valence-corrected chi connectivity index (χ1v) is 16.3. The monoisotopic (exact) mass is 645 g/mol. The maximum Gasteiger partial charge on any atom is 0.335 e. The third kappa shape index (κ3) is 4.28. The third-order valence-electron chi connectivity index (χ3n) is 9.95. The van der Waals surface area contributed by atoms with Crippen LogP contribution in [0.5, 0.6) is 0 Å². The molecular weight excluding hydrogens is 614 g/mol. The van der Waals surface area contributed by atoms with Gasteiger partial charge in [-0.3, -0.25) is 9.59 Å². The van der Waals surface area contributed by atoms with Gasteiger partial charge in [-0.2, -0.15) is 0 Å². The summed E-state index contributed by atoms with van der Waals surface area (Å²) in [5.41, 5.74) is 4.47. The maximum absolute atomic E-state index is 14.5. The van der Waals surface area contributed by atoms with Crippen molar-refractivity contribution in [1.29, 1.82) is 0 Å². The number of carbonyl (C=O) groups excluding carboxylic acids is 2. The molecule has 1 heterocycles. The number of hydrogen-bond acceptors (Lipinski definition) is 4. The highest BCUT2D eigenvalue weighted by molar-refractivity contribution is 6.42. The number of fused-ring (bicyclic) bond motifs is 2. The smallest absolute Gasteiger partial charge is 0.335 e. The Morgan fingerprint density at radius 2 is 0.980 bits per heavy atom. The molecule has 7 heteroatoms. The summed E-state index contributed by atoms with van der Waals surface area (Å²) in [6.45, 7) is 8.27. The quantitative estimate of drug-likeness (QED) is 0.106. The predicted molar refractivity (Wildman–Crippen MR) is 193 cm³/mol. The average Bonchev–Trinajstić information content (AvgIpc) is 3.09. The first-order chi connectivity index (χ1) is 23.5. The number of carbonyl (C=O) groups is 4. The summed E-state index contributed by atoms with van der Waals surface area (Å²) in [7, 11) is 0. The molecule has 0 spiro atoms. The number of hydrogen-bond donors (Lipinski definition) is 2. The van der Waals surface area contributed by atoms with Gasteiger partial charge in [0.2, 0.25) is 0 Å². The van der Waals surface area contributed by atoms with Crippen LogP contribution in [0.2, 0.25) is 0 Å². The van der Waals surface area contributed by atoms with Gasteiger partial charge in [0.25, 0.3) is 11.8 Å². The van der Waals surface area contributed by atoms with Crippen molar-refractivity contribution in [3.05, 3.63) is 124 Å². The molecule has 0 saturated heterocycles. The molecule has 7 aromatic carbocycles. The Kier molecular flexibility index (Phi) is 6.62. The van der Waals surface area contributed by atoms with E-state index in [0.29, 0.717) is 33.3 Å². The van der Waals surface area contributed by atoms with Crippen molar-refractivity contribution in [3.8, 4) is 11.1 Å². The second kappa shape index (κ2) is 10.7. The van der Waals surface area contributed by atoms with Crippen LogP contribution in [0.4, 0.5) is 5.69 Å². The molecule has 0 unspecified atom stereocenters. The zero-order valence-corrected chi connectivity index (χ0v) is 27.3. The summed E-state index contributed by atoms with van der Waals surface area (Å²) in [5, 5.41) is 26.3. The fourth-order valence-corrected chi connectivity index (χ4v) is 7.74. The zero-order chi connectivity index (χ0) is 34.5. The van der Waals surface area contributed by atoms with Crippen molar-refractivity contribution in [3.63, 3.8) is 0 Å². The number of amides is 2. The first kappa shape index (κ1) is 30.3. The summed E-state index contributed by atoms with van der Waals surface area (Å²) in [6, 6.07) is 27.4. The summed E-state index contributed by atoms with van der Waals surface area (Å²) >= 11 is 0. The Hall–Kier alpha value is -6.08. The second-order valence-electron chi connectivity index (χ2n) is 13.4. The van der Waals surface area contributed by atoms with Crippen LogP contribution in [0.3, 0.4) is 0 Å². The normalized spacial score (nSPS) is 13.2. The Morgan fingerprint density at radius 1 is 0.531 bits per heavy atom. The molecule has 1 aliphatic heterocycles. The van der Waals surface area contributed by atoms with Gasteiger partial charge in [-0.1, -0.05) is 88.4 Å². The van der Waals surface area contributed by atoms with Crippen LogP contribution in [0, 0.1) is 0 Å². The number of para-hydroxylation sites is 1. The van der Waals surface area contributed by atoms with Crippen molar-refractivity contribution in [2.45, 2.75) is 39.5 Å². The molecule has 7 nitrogen and oxygen atoms in total. The van der Waals surface area contributed by atoms with E-state index in [9.17, 15) is 29.4 Å². The molecule has 2 amide bonds. The van der Waals surface area contributed by atoms with Gasteiger partial charge >= 0.3 is 11.9 Å². The lowest BCUT2D eigenvalue weighted by Gasteiger charge is -2.32. The number of aromatic carboxylic acids is 2. The molecule has 0 bridgehead atoms. The van der Waals surface area contributed by atoms with Gasteiger partial charge in [0.1, 0.15) is 0 Å². The zero-order valence-electron chi connectivity index (χ0n) is 27.3. The highest BCUT2D eigenvalue weighted by Gasteiger charge is 2.38. The molecule has 2 N–H and O–H groups in total. The molecule has 0 aliphatic carbocycles. The van der Waals surface area contributed by atoms with Crippen LogP contribution in [-0.2, 0) is 0 Å². The van der Waals surface area contributed by atoms with Crippen LogP contribution < -0.4 is 4.90 Å². The van der Waals surface area contributed by atoms with E-state index >= 15 is 0 Å². The van der Waals surface area contributed by atoms with E-state index in [1.54, 1.807) is 0 Å². The van der Waals surface area contributed by atoms with Crippen molar-refractivity contribution in [2.75, 3.05) is 4.90 Å². The molecule has 0 atom stereocenters. The van der Waals surface area contributed by atoms with Crippen molar-refractivity contribution < 1.29 is 29.4 Å². The van der Waals surface area contributed by atoms with Crippen LogP contribution >= 0.6 is 0 Å². The van der Waals surface area contributed by atoms with E-state index in [1.165, 1.54) is 17.0 Å². The fraction of sp³-hybridized carbons (Fsp3) is 0.143. The minimum atomic E-state index is -1.21. The molecular formula is C42H31NO6. The van der Waals surface area contributed by atoms with E-state index in [0.717, 1.165) is 54.9 Å². The third-order valence-corrected chi connectivity index (χ3v) is 9.95. The lowest BCUT2D eigenvalue weighted by molar-refractivity contribution is 0.0696. The Morgan fingerprint density at radius 3 is 1.49 bits per heavy atom. The van der Waals surface area contributed by atoms with E-state index in [-0.39, 0.29) is 34.8 Å². The lowest BCUT2D eigenvalue weighted by Crippen LogP contribution is -2.41. The molecule has 0 aromatic heterocycles. The SMILES string of the molecule is CC(C)c1cccc(C(C)C)c1N1C(=O)c2ccc3c4cccc5c(-c6cc(C(=O)O)cc(C(=O)O)c6)ccc(c6ccc(c2c36)C1=O)c54. The van der Waals surface area contributed by atoms with Crippen LogP contribution in [0.25, 0.3) is 54.2 Å². The number of imide groups is 1. The highest BCUT2D eigenvalue weighted by Crippen LogP contribution is 2.47. The number of nitrogens with zero attached hydrogens (tertiary/aromatic N) is 1. The summed E-state index contributed by atoms with van der Waals surface area (Å²) < 4.78 is 0. The molecule has 0 radical (unpaired) electrons. The molecule has 1 aliphatic rings. The van der Waals surface area contributed by atoms with Crippen LogP contribution in [0.15, 0.2) is 91.0 Å². The number of benzene rings is 7. The minimum absolute atomic E-state index is 0.0928. The Labute approximate surface area is 281 Å². The standard InChI is InChI=1S/C42H31NO6/c1-20(2)25-7-5-8-26(21(3)4)38(25)43-39(44)33-15-13-31-29-10-6-9-28-27(22-17-23(41(46)47)19-24(18-22)42(48)49)11-12-30(35(28)29)32-14-16-34(40(43)45)37(33)36(31)32/h5-21H,1-4H3,(H,46,47)(H,48,49). The largest absolute Gasteiger partial charge is 0.478 e. The van der Waals surface area contributed by atoms with Crippen LogP contribution in [0.1, 0.15) is 92.1 Å². The average molecular weight is 646 g/mol. The van der Waals surface area contributed by atoms with Gasteiger partial charge < -0.3 is 10.2 Å². The first-order valence-electron chi connectivity index (χ1n) is 16.3. The van der Waals surface area contributed by atoms with Gasteiger partial charge in [0.15, 0.2) is 0 Å². The Bertz CT molecular complexity index is 2490. The maximum atomic E-state index is 14.5. The van der Waals surface area contributed by atoms with Crippen molar-refractivity contribution in [1.82, 2.24) is 0 Å². The topological polar surface area (TPSA) is 112 Å². The summed E-state index contributed by atoms with van der Waals surface area (Å²) in [6.07, 6.45) is 0. The number of carboxylic acid groups (broad SMARTS) is 2. The van der Waals surface area contributed by atoms with E-state index < -0.39 is 11.9 Å². The molecule has 0 fully saturated rings. The Balaban J connectivity index is 1.40. The molecule has 0 saturated carbocycles.